The molecule has 0 fully saturated rings. The normalized spacial score (nSPS) is 12.2. The van der Waals surface area contributed by atoms with E-state index in [0.29, 0.717) is 6.54 Å². The van der Waals surface area contributed by atoms with Crippen LogP contribution in [0.15, 0.2) is 42.5 Å². The van der Waals surface area contributed by atoms with Crippen molar-refractivity contribution < 1.29 is 13.5 Å². The van der Waals surface area contributed by atoms with E-state index in [-0.39, 0.29) is 23.4 Å². The summed E-state index contributed by atoms with van der Waals surface area (Å²) in [5, 5.41) is 3.34. The molecule has 2 aromatic rings. The van der Waals surface area contributed by atoms with E-state index in [9.17, 15) is 8.78 Å². The van der Waals surface area contributed by atoms with Crippen molar-refractivity contribution in [3.8, 4) is 5.75 Å². The molecule has 0 saturated heterocycles. The average Bonchev–Trinajstić information content (AvgIpc) is 2.47. The van der Waals surface area contributed by atoms with Gasteiger partial charge in [0, 0.05) is 6.04 Å². The zero-order valence-electron chi connectivity index (χ0n) is 12.2. The van der Waals surface area contributed by atoms with E-state index >= 15 is 0 Å². The first-order valence-electron chi connectivity index (χ1n) is 6.91. The summed E-state index contributed by atoms with van der Waals surface area (Å²) in [5.74, 6) is -0.344. The first kappa shape index (κ1) is 15.4. The Labute approximate surface area is 123 Å². The van der Waals surface area contributed by atoms with Gasteiger partial charge in [0.1, 0.15) is 5.82 Å². The Morgan fingerprint density at radius 3 is 2.67 bits per heavy atom. The van der Waals surface area contributed by atoms with Gasteiger partial charge >= 0.3 is 0 Å². The molecule has 1 unspecified atom stereocenters. The summed E-state index contributed by atoms with van der Waals surface area (Å²) in [6.07, 6.45) is 0.737. The molecule has 0 amide bonds. The largest absolute Gasteiger partial charge is 0.494 e. The average molecular weight is 291 g/mol. The van der Waals surface area contributed by atoms with Crippen LogP contribution in [0.3, 0.4) is 0 Å². The van der Waals surface area contributed by atoms with E-state index in [4.69, 9.17) is 4.74 Å². The van der Waals surface area contributed by atoms with Crippen LogP contribution >= 0.6 is 0 Å². The Morgan fingerprint density at radius 1 is 1.14 bits per heavy atom. The van der Waals surface area contributed by atoms with Crippen LogP contribution in [0.5, 0.6) is 5.75 Å². The van der Waals surface area contributed by atoms with Gasteiger partial charge in [0.05, 0.1) is 7.11 Å². The minimum atomic E-state index is -0.367. The van der Waals surface area contributed by atoms with Gasteiger partial charge in [-0.1, -0.05) is 18.2 Å². The molecule has 2 rings (SSSR count). The van der Waals surface area contributed by atoms with E-state index in [0.717, 1.165) is 17.5 Å². The number of rotatable bonds is 6. The van der Waals surface area contributed by atoms with Crippen molar-refractivity contribution in [3.63, 3.8) is 0 Å². The van der Waals surface area contributed by atoms with Crippen molar-refractivity contribution in [2.24, 2.45) is 0 Å². The van der Waals surface area contributed by atoms with E-state index < -0.39 is 0 Å². The zero-order chi connectivity index (χ0) is 15.2. The minimum Gasteiger partial charge on any atom is -0.494 e. The highest BCUT2D eigenvalue weighted by Crippen LogP contribution is 2.22. The van der Waals surface area contributed by atoms with Crippen LogP contribution in [0, 0.1) is 11.6 Å². The molecule has 2 aromatic carbocycles. The topological polar surface area (TPSA) is 21.3 Å². The van der Waals surface area contributed by atoms with E-state index in [2.05, 4.69) is 5.32 Å². The number of nitrogens with one attached hydrogen (secondary N) is 1. The first-order valence-corrected chi connectivity index (χ1v) is 6.91. The lowest BCUT2D eigenvalue weighted by atomic mass is 10.1. The molecule has 0 heterocycles. The predicted octanol–water partition coefficient (Wildman–Crippen LogP) is 3.87. The first-order chi connectivity index (χ1) is 10.1. The molecular weight excluding hydrogens is 272 g/mol. The number of hydrogen-bond donors (Lipinski definition) is 1. The van der Waals surface area contributed by atoms with Crippen LogP contribution in [0.25, 0.3) is 0 Å². The molecule has 0 aliphatic heterocycles. The molecule has 0 bridgehead atoms. The summed E-state index contributed by atoms with van der Waals surface area (Å²) in [6.45, 7) is 2.71. The maximum absolute atomic E-state index is 13.4. The maximum atomic E-state index is 13.4. The summed E-state index contributed by atoms with van der Waals surface area (Å²) >= 11 is 0. The van der Waals surface area contributed by atoms with Crippen LogP contribution < -0.4 is 10.1 Å². The smallest absolute Gasteiger partial charge is 0.165 e. The fourth-order valence-electron chi connectivity index (χ4n) is 2.19. The highest BCUT2D eigenvalue weighted by molar-refractivity contribution is 5.32. The van der Waals surface area contributed by atoms with Crippen LogP contribution in [-0.2, 0) is 6.42 Å². The number of benzene rings is 2. The molecule has 1 atom stereocenters. The summed E-state index contributed by atoms with van der Waals surface area (Å²) in [6, 6.07) is 11.5. The van der Waals surface area contributed by atoms with Crippen LogP contribution in [0.4, 0.5) is 8.78 Å². The summed E-state index contributed by atoms with van der Waals surface area (Å²) in [7, 11) is 1.45. The van der Waals surface area contributed by atoms with Gasteiger partial charge in [0.2, 0.25) is 0 Å². The molecular formula is C17H19F2NO. The van der Waals surface area contributed by atoms with Crippen molar-refractivity contribution in [3.05, 3.63) is 65.2 Å². The second-order valence-corrected chi connectivity index (χ2v) is 4.95. The predicted molar refractivity (Wildman–Crippen MR) is 79.5 cm³/mol. The fourth-order valence-corrected chi connectivity index (χ4v) is 2.19. The lowest BCUT2D eigenvalue weighted by Gasteiger charge is -2.15. The molecule has 4 heteroatoms. The summed E-state index contributed by atoms with van der Waals surface area (Å²) < 4.78 is 31.4. The van der Waals surface area contributed by atoms with Gasteiger partial charge in [-0.05, 0) is 55.3 Å². The molecule has 112 valence electrons. The van der Waals surface area contributed by atoms with Gasteiger partial charge in [-0.15, -0.1) is 0 Å². The maximum Gasteiger partial charge on any atom is 0.165 e. The lowest BCUT2D eigenvalue weighted by Crippen LogP contribution is -2.21. The number of halogens is 2. The van der Waals surface area contributed by atoms with Gasteiger partial charge in [-0.2, -0.15) is 0 Å². The van der Waals surface area contributed by atoms with E-state index in [1.807, 2.05) is 13.0 Å². The lowest BCUT2D eigenvalue weighted by molar-refractivity contribution is 0.385. The Hall–Kier alpha value is -1.94. The highest BCUT2D eigenvalue weighted by Gasteiger charge is 2.09. The van der Waals surface area contributed by atoms with Crippen molar-refractivity contribution >= 4 is 0 Å². The van der Waals surface area contributed by atoms with Gasteiger partial charge in [-0.3, -0.25) is 0 Å². The molecule has 21 heavy (non-hydrogen) atoms. The molecule has 0 spiro atoms. The fraction of sp³-hybridized carbons (Fsp3) is 0.294. The third kappa shape index (κ3) is 4.26. The van der Waals surface area contributed by atoms with Crippen LogP contribution in [-0.4, -0.2) is 13.7 Å². The Morgan fingerprint density at radius 2 is 1.95 bits per heavy atom. The third-order valence-corrected chi connectivity index (χ3v) is 3.43. The minimum absolute atomic E-state index is 0.0630. The molecule has 0 aliphatic rings. The SMILES string of the molecule is COc1cc(C(C)NCCc2cccc(F)c2)ccc1F. The number of methoxy groups -OCH3 is 1. The number of ether oxygens (including phenoxy) is 1. The Kier molecular flexibility index (Phi) is 5.28. The molecule has 0 radical (unpaired) electrons. The second-order valence-electron chi connectivity index (χ2n) is 4.95. The summed E-state index contributed by atoms with van der Waals surface area (Å²) in [5.41, 5.74) is 1.90. The van der Waals surface area contributed by atoms with Crippen LogP contribution in [0.2, 0.25) is 0 Å². The van der Waals surface area contributed by atoms with Gasteiger partial charge in [0.25, 0.3) is 0 Å². The standard InChI is InChI=1S/C17H19F2NO/c1-12(14-6-7-16(19)17(11-14)21-2)20-9-8-13-4-3-5-15(18)10-13/h3-7,10-12,20H,8-9H2,1-2H3. The highest BCUT2D eigenvalue weighted by atomic mass is 19.1. The van der Waals surface area contributed by atoms with Crippen molar-refractivity contribution in [2.75, 3.05) is 13.7 Å². The van der Waals surface area contributed by atoms with Crippen molar-refractivity contribution in [1.82, 2.24) is 5.32 Å². The van der Waals surface area contributed by atoms with Crippen molar-refractivity contribution in [1.29, 1.82) is 0 Å². The Balaban J connectivity index is 1.91. The van der Waals surface area contributed by atoms with E-state index in [1.54, 1.807) is 18.2 Å². The zero-order valence-corrected chi connectivity index (χ0v) is 12.2. The van der Waals surface area contributed by atoms with E-state index in [1.165, 1.54) is 25.3 Å². The molecule has 0 aliphatic carbocycles. The molecule has 0 aromatic heterocycles. The van der Waals surface area contributed by atoms with Crippen molar-refractivity contribution in [2.45, 2.75) is 19.4 Å². The molecule has 2 nitrogen and oxygen atoms in total. The van der Waals surface area contributed by atoms with Gasteiger partial charge < -0.3 is 10.1 Å². The third-order valence-electron chi connectivity index (χ3n) is 3.43. The van der Waals surface area contributed by atoms with Gasteiger partial charge in [-0.25, -0.2) is 8.78 Å². The quantitative estimate of drug-likeness (QED) is 0.872. The van der Waals surface area contributed by atoms with Crippen LogP contribution in [0.1, 0.15) is 24.1 Å². The second kappa shape index (κ2) is 7.18. The summed E-state index contributed by atoms with van der Waals surface area (Å²) in [4.78, 5) is 0. The monoisotopic (exact) mass is 291 g/mol. The molecule has 0 saturated carbocycles. The van der Waals surface area contributed by atoms with Gasteiger partial charge in [0.15, 0.2) is 11.6 Å². The Bertz CT molecular complexity index is 601. The molecule has 1 N–H and O–H groups in total. The number of hydrogen-bond acceptors (Lipinski definition) is 2.